The molecule has 29 heavy (non-hydrogen) atoms. The summed E-state index contributed by atoms with van der Waals surface area (Å²) in [5, 5.41) is 0.689. The number of fused-ring (bicyclic) bond motifs is 2. The molecule has 158 valence electrons. The minimum absolute atomic E-state index is 0.116. The Morgan fingerprint density at radius 2 is 1.76 bits per heavy atom. The molecular weight excluding hydrogens is 366 g/mol. The Morgan fingerprint density at radius 3 is 2.55 bits per heavy atom. The largest absolute Gasteiger partial charge is 0.497 e. The third kappa shape index (κ3) is 4.29. The van der Waals surface area contributed by atoms with Gasteiger partial charge in [0.25, 0.3) is 0 Å². The molecule has 0 N–H and O–H groups in total. The molecule has 3 heteroatoms. The molecule has 4 unspecified atom stereocenters. The van der Waals surface area contributed by atoms with Gasteiger partial charge in [-0.1, -0.05) is 51.2 Å². The van der Waals surface area contributed by atoms with E-state index in [2.05, 4.69) is 6.92 Å². The average Bonchev–Trinajstić information content (AvgIpc) is 2.73. The first-order valence-electron chi connectivity index (χ1n) is 11.6. The molecule has 2 aromatic rings. The van der Waals surface area contributed by atoms with Crippen LogP contribution in [-0.4, -0.2) is 7.11 Å². The lowest BCUT2D eigenvalue weighted by molar-refractivity contribution is 0.112. The lowest BCUT2D eigenvalue weighted by Gasteiger charge is -2.42. The Kier molecular flexibility index (Phi) is 6.41. The predicted molar refractivity (Wildman–Crippen MR) is 115 cm³/mol. The number of halogens is 2. The molecule has 0 bridgehead atoms. The zero-order chi connectivity index (χ0) is 20.4. The van der Waals surface area contributed by atoms with Gasteiger partial charge < -0.3 is 4.74 Å². The van der Waals surface area contributed by atoms with Crippen LogP contribution in [0.5, 0.6) is 5.75 Å². The van der Waals surface area contributed by atoms with Crippen LogP contribution in [0.4, 0.5) is 8.78 Å². The van der Waals surface area contributed by atoms with Crippen molar-refractivity contribution >= 4 is 10.8 Å². The van der Waals surface area contributed by atoms with Gasteiger partial charge in [0.2, 0.25) is 0 Å². The number of unbranched alkanes of at least 4 members (excludes halogenated alkanes) is 2. The molecule has 0 heterocycles. The average molecular weight is 401 g/mol. The fourth-order valence-electron chi connectivity index (χ4n) is 6.01. The monoisotopic (exact) mass is 400 g/mol. The lowest BCUT2D eigenvalue weighted by atomic mass is 9.63. The van der Waals surface area contributed by atoms with Crippen LogP contribution in [0, 0.1) is 29.4 Å². The predicted octanol–water partition coefficient (Wildman–Crippen LogP) is 8.01. The second-order valence-corrected chi connectivity index (χ2v) is 9.38. The molecule has 2 fully saturated rings. The van der Waals surface area contributed by atoms with Crippen LogP contribution in [0.25, 0.3) is 10.8 Å². The maximum absolute atomic E-state index is 15.3. The molecule has 2 saturated carbocycles. The minimum Gasteiger partial charge on any atom is -0.497 e. The highest BCUT2D eigenvalue weighted by Gasteiger charge is 2.36. The van der Waals surface area contributed by atoms with Crippen molar-refractivity contribution in [1.82, 2.24) is 0 Å². The maximum Gasteiger partial charge on any atom is 0.137 e. The molecule has 2 aliphatic carbocycles. The van der Waals surface area contributed by atoms with Gasteiger partial charge in [-0.3, -0.25) is 0 Å². The molecule has 4 atom stereocenters. The van der Waals surface area contributed by atoms with Gasteiger partial charge in [0, 0.05) is 6.07 Å². The van der Waals surface area contributed by atoms with Gasteiger partial charge in [-0.2, -0.15) is 0 Å². The molecule has 0 radical (unpaired) electrons. The smallest absolute Gasteiger partial charge is 0.137 e. The van der Waals surface area contributed by atoms with Crippen molar-refractivity contribution in [2.45, 2.75) is 77.0 Å². The summed E-state index contributed by atoms with van der Waals surface area (Å²) in [6, 6.07) is 6.74. The van der Waals surface area contributed by atoms with E-state index in [9.17, 15) is 4.39 Å². The minimum atomic E-state index is -0.528. The number of hydrogen-bond acceptors (Lipinski definition) is 1. The SMILES string of the molecule is CCCCCC1CCC2CC(c3ccc4cc(OC)cc(F)c4c3F)CCC2C1. The van der Waals surface area contributed by atoms with Crippen molar-refractivity contribution in [3.63, 3.8) is 0 Å². The summed E-state index contributed by atoms with van der Waals surface area (Å²) in [6.45, 7) is 2.27. The third-order valence-electron chi connectivity index (χ3n) is 7.62. The van der Waals surface area contributed by atoms with Crippen LogP contribution in [0.2, 0.25) is 0 Å². The van der Waals surface area contributed by atoms with Crippen LogP contribution in [0.3, 0.4) is 0 Å². The van der Waals surface area contributed by atoms with Crippen LogP contribution in [-0.2, 0) is 0 Å². The molecule has 0 aliphatic heterocycles. The Bertz CT molecular complexity index is 846. The summed E-state index contributed by atoms with van der Waals surface area (Å²) in [4.78, 5) is 0. The van der Waals surface area contributed by atoms with Gasteiger partial charge in [-0.25, -0.2) is 8.78 Å². The summed E-state index contributed by atoms with van der Waals surface area (Å²) in [7, 11) is 1.50. The van der Waals surface area contributed by atoms with Crippen LogP contribution < -0.4 is 4.74 Å². The summed E-state index contributed by atoms with van der Waals surface area (Å²) < 4.78 is 35.0. The van der Waals surface area contributed by atoms with E-state index in [1.165, 1.54) is 64.5 Å². The summed E-state index contributed by atoms with van der Waals surface area (Å²) >= 11 is 0. The van der Waals surface area contributed by atoms with Crippen molar-refractivity contribution in [1.29, 1.82) is 0 Å². The number of hydrogen-bond donors (Lipinski definition) is 0. The molecule has 2 aromatic carbocycles. The summed E-state index contributed by atoms with van der Waals surface area (Å²) in [5.41, 5.74) is 0.713. The van der Waals surface area contributed by atoms with Gasteiger partial charge in [-0.15, -0.1) is 0 Å². The molecule has 0 spiro atoms. The van der Waals surface area contributed by atoms with Crippen molar-refractivity contribution in [2.75, 3.05) is 7.11 Å². The number of benzene rings is 2. The molecule has 4 rings (SSSR count). The highest BCUT2D eigenvalue weighted by molar-refractivity contribution is 5.86. The Labute approximate surface area is 173 Å². The third-order valence-corrected chi connectivity index (χ3v) is 7.62. The van der Waals surface area contributed by atoms with Gasteiger partial charge in [0.15, 0.2) is 0 Å². The normalized spacial score (nSPS) is 27.0. The molecule has 1 nitrogen and oxygen atoms in total. The van der Waals surface area contributed by atoms with E-state index in [-0.39, 0.29) is 17.1 Å². The van der Waals surface area contributed by atoms with Gasteiger partial charge >= 0.3 is 0 Å². The van der Waals surface area contributed by atoms with Crippen molar-refractivity contribution in [2.24, 2.45) is 17.8 Å². The topological polar surface area (TPSA) is 9.23 Å². The second-order valence-electron chi connectivity index (χ2n) is 9.38. The van der Waals surface area contributed by atoms with E-state index in [0.717, 1.165) is 24.7 Å². The lowest BCUT2D eigenvalue weighted by Crippen LogP contribution is -2.30. The highest BCUT2D eigenvalue weighted by atomic mass is 19.1. The first-order valence-corrected chi connectivity index (χ1v) is 11.6. The molecule has 0 saturated heterocycles. The van der Waals surface area contributed by atoms with Gasteiger partial charge in [0.05, 0.1) is 12.5 Å². The van der Waals surface area contributed by atoms with E-state index < -0.39 is 5.82 Å². The van der Waals surface area contributed by atoms with Crippen molar-refractivity contribution in [3.05, 3.63) is 41.5 Å². The first-order chi connectivity index (χ1) is 14.1. The fourth-order valence-corrected chi connectivity index (χ4v) is 6.01. The van der Waals surface area contributed by atoms with Crippen LogP contribution in [0.15, 0.2) is 24.3 Å². The molecule has 0 aromatic heterocycles. The first kappa shape index (κ1) is 20.6. The summed E-state index contributed by atoms with van der Waals surface area (Å²) in [6.07, 6.45) is 12.7. The number of ether oxygens (including phenoxy) is 1. The number of methoxy groups -OCH3 is 1. The van der Waals surface area contributed by atoms with E-state index in [1.807, 2.05) is 12.1 Å². The van der Waals surface area contributed by atoms with Crippen molar-refractivity contribution in [3.8, 4) is 5.75 Å². The molecular formula is C26H34F2O. The van der Waals surface area contributed by atoms with E-state index in [1.54, 1.807) is 6.07 Å². The zero-order valence-electron chi connectivity index (χ0n) is 17.9. The Hall–Kier alpha value is -1.64. The second kappa shape index (κ2) is 9.02. The summed E-state index contributed by atoms with van der Waals surface area (Å²) in [5.74, 6) is 2.19. The quantitative estimate of drug-likeness (QED) is 0.446. The standard InChI is InChI=1S/C26H34F2O/c1-3-4-5-6-17-7-8-19-14-20(10-9-18(19)13-17)23-12-11-21-15-22(29-2)16-24(27)25(21)26(23)28/h11-12,15-20H,3-10,13-14H2,1-2H3. The number of rotatable bonds is 6. The zero-order valence-corrected chi connectivity index (χ0v) is 17.9. The van der Waals surface area contributed by atoms with E-state index in [0.29, 0.717) is 22.6 Å². The maximum atomic E-state index is 15.3. The van der Waals surface area contributed by atoms with Crippen LogP contribution >= 0.6 is 0 Å². The molecule has 0 amide bonds. The Balaban J connectivity index is 1.48. The fraction of sp³-hybridized carbons (Fsp3) is 0.615. The molecule has 2 aliphatic rings. The van der Waals surface area contributed by atoms with E-state index >= 15 is 4.39 Å². The van der Waals surface area contributed by atoms with E-state index in [4.69, 9.17) is 4.74 Å². The van der Waals surface area contributed by atoms with Crippen LogP contribution in [0.1, 0.15) is 82.6 Å². The van der Waals surface area contributed by atoms with Crippen molar-refractivity contribution < 1.29 is 13.5 Å². The van der Waals surface area contributed by atoms with Gasteiger partial charge in [0.1, 0.15) is 17.4 Å². The Morgan fingerprint density at radius 1 is 0.966 bits per heavy atom. The van der Waals surface area contributed by atoms with Gasteiger partial charge in [-0.05, 0) is 72.8 Å². The highest BCUT2D eigenvalue weighted by Crippen LogP contribution is 2.49.